The first-order valence-corrected chi connectivity index (χ1v) is 3.78. The third-order valence-electron chi connectivity index (χ3n) is 1.69. The van der Waals surface area contributed by atoms with Crippen LogP contribution in [0.5, 0.6) is 0 Å². The molecular weight excluding hydrogens is 136 g/mol. The van der Waals surface area contributed by atoms with E-state index in [-0.39, 0.29) is 0 Å². The second-order valence-electron chi connectivity index (χ2n) is 2.43. The van der Waals surface area contributed by atoms with Crippen LogP contribution in [0.1, 0.15) is 0 Å². The third kappa shape index (κ3) is 2.24. The summed E-state index contributed by atoms with van der Waals surface area (Å²) in [4.78, 5) is 0. The summed E-state index contributed by atoms with van der Waals surface area (Å²) in [5.74, 6) is 0. The molecule has 1 aliphatic carbocycles. The fraction of sp³-hybridized carbons (Fsp3) is 0.333. The number of likely N-dealkylation sites (N-methyl/N-ethyl adjacent to an activating group) is 2. The SMILES string of the molecule is CNC1=CC(NC)C=CC=C1. The first-order chi connectivity index (χ1) is 5.36. The number of allylic oxidation sites excluding steroid dienone is 3. The lowest BCUT2D eigenvalue weighted by atomic mass is 10.2. The number of hydrogen-bond donors (Lipinski definition) is 2. The molecule has 2 nitrogen and oxygen atoms in total. The van der Waals surface area contributed by atoms with Gasteiger partial charge < -0.3 is 10.6 Å². The summed E-state index contributed by atoms with van der Waals surface area (Å²) < 4.78 is 0. The van der Waals surface area contributed by atoms with Crippen molar-refractivity contribution in [1.29, 1.82) is 0 Å². The van der Waals surface area contributed by atoms with Crippen LogP contribution >= 0.6 is 0 Å². The molecule has 0 aromatic carbocycles. The molecule has 0 radical (unpaired) electrons. The van der Waals surface area contributed by atoms with Gasteiger partial charge in [0.2, 0.25) is 0 Å². The van der Waals surface area contributed by atoms with E-state index in [1.54, 1.807) is 0 Å². The largest absolute Gasteiger partial charge is 0.388 e. The summed E-state index contributed by atoms with van der Waals surface area (Å²) in [5.41, 5.74) is 1.15. The van der Waals surface area contributed by atoms with Crippen LogP contribution in [0.3, 0.4) is 0 Å². The molecule has 0 fully saturated rings. The molecule has 0 saturated carbocycles. The van der Waals surface area contributed by atoms with Crippen molar-refractivity contribution in [2.75, 3.05) is 14.1 Å². The quantitative estimate of drug-likeness (QED) is 0.608. The fourth-order valence-corrected chi connectivity index (χ4v) is 0.994. The molecule has 1 atom stereocenters. The second kappa shape index (κ2) is 3.98. The van der Waals surface area contributed by atoms with E-state index in [1.807, 2.05) is 32.3 Å². The summed E-state index contributed by atoms with van der Waals surface area (Å²) in [7, 11) is 3.87. The number of nitrogens with one attached hydrogen (secondary N) is 2. The highest BCUT2D eigenvalue weighted by Gasteiger charge is 1.98. The van der Waals surface area contributed by atoms with Gasteiger partial charge in [-0.2, -0.15) is 0 Å². The van der Waals surface area contributed by atoms with Gasteiger partial charge in [0, 0.05) is 18.8 Å². The van der Waals surface area contributed by atoms with E-state index >= 15 is 0 Å². The van der Waals surface area contributed by atoms with Crippen LogP contribution in [0.4, 0.5) is 0 Å². The second-order valence-corrected chi connectivity index (χ2v) is 2.43. The van der Waals surface area contributed by atoms with Crippen molar-refractivity contribution >= 4 is 0 Å². The highest BCUT2D eigenvalue weighted by molar-refractivity contribution is 5.28. The van der Waals surface area contributed by atoms with Crippen molar-refractivity contribution in [3.63, 3.8) is 0 Å². The van der Waals surface area contributed by atoms with Gasteiger partial charge >= 0.3 is 0 Å². The van der Waals surface area contributed by atoms with Gasteiger partial charge in [-0.3, -0.25) is 0 Å². The van der Waals surface area contributed by atoms with Crippen LogP contribution in [0, 0.1) is 0 Å². The van der Waals surface area contributed by atoms with Crippen LogP contribution in [-0.4, -0.2) is 20.1 Å². The van der Waals surface area contributed by atoms with Gasteiger partial charge in [0.15, 0.2) is 0 Å². The lowest BCUT2D eigenvalue weighted by Crippen LogP contribution is -2.21. The van der Waals surface area contributed by atoms with Crippen molar-refractivity contribution in [3.8, 4) is 0 Å². The van der Waals surface area contributed by atoms with E-state index in [4.69, 9.17) is 0 Å². The minimum atomic E-state index is 0.340. The first kappa shape index (κ1) is 8.08. The van der Waals surface area contributed by atoms with E-state index in [0.29, 0.717) is 6.04 Å². The predicted molar refractivity (Wildman–Crippen MR) is 48.3 cm³/mol. The standard InChI is InChI=1S/C9H14N2/c1-10-8-5-3-4-6-9(7-8)11-2/h3-8,10-11H,1-2H3. The van der Waals surface area contributed by atoms with Gasteiger partial charge in [-0.25, -0.2) is 0 Å². The molecule has 0 bridgehead atoms. The van der Waals surface area contributed by atoms with E-state index in [1.165, 1.54) is 0 Å². The Balaban J connectivity index is 2.72. The number of rotatable bonds is 2. The summed E-state index contributed by atoms with van der Waals surface area (Å²) >= 11 is 0. The summed E-state index contributed by atoms with van der Waals surface area (Å²) in [5, 5.41) is 6.27. The van der Waals surface area contributed by atoms with Gasteiger partial charge in [-0.05, 0) is 19.2 Å². The highest BCUT2D eigenvalue weighted by Crippen LogP contribution is 2.01. The Morgan fingerprint density at radius 1 is 1.27 bits per heavy atom. The molecule has 0 aliphatic heterocycles. The lowest BCUT2D eigenvalue weighted by molar-refractivity contribution is 0.781. The van der Waals surface area contributed by atoms with Crippen LogP contribution in [0.2, 0.25) is 0 Å². The van der Waals surface area contributed by atoms with Crippen molar-refractivity contribution < 1.29 is 0 Å². The van der Waals surface area contributed by atoms with Crippen molar-refractivity contribution in [1.82, 2.24) is 10.6 Å². The topological polar surface area (TPSA) is 24.1 Å². The van der Waals surface area contributed by atoms with E-state index in [9.17, 15) is 0 Å². The van der Waals surface area contributed by atoms with Crippen LogP contribution in [0.15, 0.2) is 36.1 Å². The monoisotopic (exact) mass is 150 g/mol. The Bertz CT molecular complexity index is 202. The molecule has 0 saturated heterocycles. The minimum Gasteiger partial charge on any atom is -0.388 e. The minimum absolute atomic E-state index is 0.340. The predicted octanol–water partition coefficient (Wildman–Crippen LogP) is 0.804. The normalized spacial score (nSPS) is 22.7. The Labute approximate surface area is 67.7 Å². The zero-order valence-corrected chi connectivity index (χ0v) is 6.96. The van der Waals surface area contributed by atoms with Crippen LogP contribution < -0.4 is 10.6 Å². The van der Waals surface area contributed by atoms with Gasteiger partial charge in [0.25, 0.3) is 0 Å². The molecule has 1 unspecified atom stereocenters. The van der Waals surface area contributed by atoms with Crippen molar-refractivity contribution in [2.24, 2.45) is 0 Å². The van der Waals surface area contributed by atoms with Crippen molar-refractivity contribution in [3.05, 3.63) is 36.1 Å². The van der Waals surface area contributed by atoms with Gasteiger partial charge in [-0.15, -0.1) is 0 Å². The lowest BCUT2D eigenvalue weighted by Gasteiger charge is -2.06. The maximum atomic E-state index is 3.16. The van der Waals surface area contributed by atoms with Crippen LogP contribution in [-0.2, 0) is 0 Å². The zero-order chi connectivity index (χ0) is 8.10. The van der Waals surface area contributed by atoms with E-state index in [0.717, 1.165) is 5.70 Å². The Morgan fingerprint density at radius 2 is 2.09 bits per heavy atom. The molecule has 60 valence electrons. The smallest absolute Gasteiger partial charge is 0.0459 e. The van der Waals surface area contributed by atoms with E-state index < -0.39 is 0 Å². The average molecular weight is 150 g/mol. The molecule has 0 spiro atoms. The molecule has 0 aromatic rings. The summed E-state index contributed by atoms with van der Waals surface area (Å²) in [6.07, 6.45) is 10.4. The molecular formula is C9H14N2. The highest BCUT2D eigenvalue weighted by atomic mass is 14.9. The van der Waals surface area contributed by atoms with E-state index in [2.05, 4.69) is 22.8 Å². The van der Waals surface area contributed by atoms with Gasteiger partial charge in [0.1, 0.15) is 0 Å². The zero-order valence-electron chi connectivity index (χ0n) is 6.96. The van der Waals surface area contributed by atoms with Gasteiger partial charge in [0.05, 0.1) is 0 Å². The third-order valence-corrected chi connectivity index (χ3v) is 1.69. The molecule has 1 rings (SSSR count). The number of hydrogen-bond acceptors (Lipinski definition) is 2. The molecule has 0 amide bonds. The molecule has 0 aromatic heterocycles. The summed E-state index contributed by atoms with van der Waals surface area (Å²) in [6.45, 7) is 0. The molecule has 1 aliphatic rings. The summed E-state index contributed by atoms with van der Waals surface area (Å²) in [6, 6.07) is 0.340. The molecule has 11 heavy (non-hydrogen) atoms. The Morgan fingerprint density at radius 3 is 2.73 bits per heavy atom. The van der Waals surface area contributed by atoms with Gasteiger partial charge in [-0.1, -0.05) is 18.2 Å². The molecule has 2 heteroatoms. The van der Waals surface area contributed by atoms with Crippen LogP contribution in [0.25, 0.3) is 0 Å². The molecule has 0 heterocycles. The Kier molecular flexibility index (Phi) is 2.93. The Hall–Kier alpha value is -1.02. The molecule has 2 N–H and O–H groups in total. The van der Waals surface area contributed by atoms with Crippen molar-refractivity contribution in [2.45, 2.75) is 6.04 Å². The average Bonchev–Trinajstić information content (AvgIpc) is 2.28. The fourth-order valence-electron chi connectivity index (χ4n) is 0.994. The first-order valence-electron chi connectivity index (χ1n) is 3.78. The maximum Gasteiger partial charge on any atom is 0.0459 e. The maximum absolute atomic E-state index is 3.16.